The van der Waals surface area contributed by atoms with E-state index >= 15 is 0 Å². The molecule has 0 aliphatic carbocycles. The first-order valence-corrected chi connectivity index (χ1v) is 9.36. The zero-order valence-electron chi connectivity index (χ0n) is 14.9. The van der Waals surface area contributed by atoms with Gasteiger partial charge in [0.25, 0.3) is 5.91 Å². The van der Waals surface area contributed by atoms with Gasteiger partial charge in [0, 0.05) is 26.2 Å². The van der Waals surface area contributed by atoms with Crippen LogP contribution >= 0.6 is 0 Å². The van der Waals surface area contributed by atoms with Crippen LogP contribution in [0.2, 0.25) is 0 Å². The minimum absolute atomic E-state index is 0.106. The molecule has 0 radical (unpaired) electrons. The number of hydrogen-bond donors (Lipinski definition) is 1. The summed E-state index contributed by atoms with van der Waals surface area (Å²) >= 11 is 0. The second-order valence-corrected chi connectivity index (χ2v) is 7.45. The van der Waals surface area contributed by atoms with Gasteiger partial charge >= 0.3 is 0 Å². The highest BCUT2D eigenvalue weighted by Gasteiger charge is 2.15. The molecule has 0 aliphatic heterocycles. The van der Waals surface area contributed by atoms with Crippen LogP contribution in [-0.4, -0.2) is 47.0 Å². The molecular formula is C18H22N2O5S. The Kier molecular flexibility index (Phi) is 6.59. The van der Waals surface area contributed by atoms with Crippen LogP contribution in [-0.2, 0) is 21.4 Å². The maximum absolute atomic E-state index is 12.4. The van der Waals surface area contributed by atoms with Crippen molar-refractivity contribution in [2.75, 3.05) is 27.8 Å². The van der Waals surface area contributed by atoms with E-state index in [-0.39, 0.29) is 24.0 Å². The summed E-state index contributed by atoms with van der Waals surface area (Å²) in [7, 11) is 1.12. The smallest absolute Gasteiger partial charge is 0.259 e. The predicted molar refractivity (Wildman–Crippen MR) is 97.7 cm³/mol. The fourth-order valence-electron chi connectivity index (χ4n) is 2.09. The Bertz CT molecular complexity index is 848. The largest absolute Gasteiger partial charge is 0.496 e. The number of nitrogens with one attached hydrogen (secondary N) is 1. The third kappa shape index (κ3) is 5.21. The lowest BCUT2D eigenvalue weighted by Crippen LogP contribution is -2.27. The van der Waals surface area contributed by atoms with Crippen LogP contribution in [0, 0.1) is 0 Å². The number of para-hydroxylation sites is 1. The standard InChI is InChI=1S/C18H22N2O5S/c1-20(2)18(21)13-25-15-8-10-16(11-9-15)26(22,23)19-12-14-6-4-5-7-17(14)24-3/h4-11,19H,12-13H2,1-3H3. The number of methoxy groups -OCH3 is 1. The van der Waals surface area contributed by atoms with Crippen LogP contribution in [0.15, 0.2) is 53.4 Å². The van der Waals surface area contributed by atoms with Gasteiger partial charge in [0.05, 0.1) is 12.0 Å². The summed E-state index contributed by atoms with van der Waals surface area (Å²) in [6.07, 6.45) is 0. The molecule has 0 saturated heterocycles. The second kappa shape index (κ2) is 8.68. The third-order valence-electron chi connectivity index (χ3n) is 3.64. The zero-order valence-corrected chi connectivity index (χ0v) is 15.7. The topological polar surface area (TPSA) is 84.9 Å². The van der Waals surface area contributed by atoms with Crippen molar-refractivity contribution in [3.05, 3.63) is 54.1 Å². The van der Waals surface area contributed by atoms with Gasteiger partial charge in [-0.05, 0) is 30.3 Å². The Hall–Kier alpha value is -2.58. The summed E-state index contributed by atoms with van der Waals surface area (Å²) in [6, 6.07) is 13.1. The number of carbonyl (C=O) groups excluding carboxylic acids is 1. The number of hydrogen-bond acceptors (Lipinski definition) is 5. The van der Waals surface area contributed by atoms with Crippen LogP contribution in [0.3, 0.4) is 0 Å². The van der Waals surface area contributed by atoms with Crippen molar-refractivity contribution in [2.24, 2.45) is 0 Å². The molecule has 0 aromatic heterocycles. The molecule has 2 rings (SSSR count). The number of sulfonamides is 1. The van der Waals surface area contributed by atoms with Crippen molar-refractivity contribution in [3.8, 4) is 11.5 Å². The van der Waals surface area contributed by atoms with Crippen molar-refractivity contribution in [3.63, 3.8) is 0 Å². The molecule has 0 bridgehead atoms. The summed E-state index contributed by atoms with van der Waals surface area (Å²) < 4.78 is 37.9. The van der Waals surface area contributed by atoms with Crippen molar-refractivity contribution < 1.29 is 22.7 Å². The fraction of sp³-hybridized carbons (Fsp3) is 0.278. The molecule has 0 unspecified atom stereocenters. The van der Waals surface area contributed by atoms with E-state index in [9.17, 15) is 13.2 Å². The Morgan fingerprint density at radius 2 is 1.73 bits per heavy atom. The first-order valence-electron chi connectivity index (χ1n) is 7.88. The van der Waals surface area contributed by atoms with Crippen LogP contribution in [0.5, 0.6) is 11.5 Å². The number of likely N-dealkylation sites (N-methyl/N-ethyl adjacent to an activating group) is 1. The molecule has 8 heteroatoms. The van der Waals surface area contributed by atoms with Gasteiger partial charge in [-0.3, -0.25) is 4.79 Å². The minimum atomic E-state index is -3.68. The number of benzene rings is 2. The van der Waals surface area contributed by atoms with E-state index in [1.165, 1.54) is 36.3 Å². The number of rotatable bonds is 8. The summed E-state index contributed by atoms with van der Waals surface area (Å²) in [4.78, 5) is 13.0. The van der Waals surface area contributed by atoms with Crippen molar-refractivity contribution in [1.29, 1.82) is 0 Å². The molecule has 2 aromatic carbocycles. The van der Waals surface area contributed by atoms with E-state index in [4.69, 9.17) is 9.47 Å². The average Bonchev–Trinajstić information content (AvgIpc) is 2.65. The van der Waals surface area contributed by atoms with Crippen molar-refractivity contribution >= 4 is 15.9 Å². The molecule has 2 aromatic rings. The van der Waals surface area contributed by atoms with E-state index < -0.39 is 10.0 Å². The molecular weight excluding hydrogens is 356 g/mol. The molecule has 1 amide bonds. The summed E-state index contributed by atoms with van der Waals surface area (Å²) in [6.45, 7) is 0.00703. The number of ether oxygens (including phenoxy) is 2. The molecule has 0 fully saturated rings. The predicted octanol–water partition coefficient (Wildman–Crippen LogP) is 1.64. The first kappa shape index (κ1) is 19.7. The highest BCUT2D eigenvalue weighted by molar-refractivity contribution is 7.89. The Labute approximate surface area is 153 Å². The Morgan fingerprint density at radius 3 is 2.35 bits per heavy atom. The normalized spacial score (nSPS) is 11.0. The van der Waals surface area contributed by atoms with Crippen molar-refractivity contribution in [2.45, 2.75) is 11.4 Å². The monoisotopic (exact) mass is 378 g/mol. The quantitative estimate of drug-likeness (QED) is 0.755. The maximum atomic E-state index is 12.4. The van der Waals surface area contributed by atoms with Gasteiger partial charge in [-0.15, -0.1) is 0 Å². The molecule has 1 N–H and O–H groups in total. The molecule has 0 aliphatic rings. The van der Waals surface area contributed by atoms with E-state index in [1.54, 1.807) is 26.2 Å². The van der Waals surface area contributed by atoms with Crippen LogP contribution in [0.1, 0.15) is 5.56 Å². The Morgan fingerprint density at radius 1 is 1.08 bits per heavy atom. The van der Waals surface area contributed by atoms with Gasteiger partial charge in [0.15, 0.2) is 6.61 Å². The molecule has 7 nitrogen and oxygen atoms in total. The summed E-state index contributed by atoms with van der Waals surface area (Å²) in [5.74, 6) is 0.855. The van der Waals surface area contributed by atoms with E-state index in [2.05, 4.69) is 4.72 Å². The number of carbonyl (C=O) groups is 1. The first-order chi connectivity index (χ1) is 12.3. The minimum Gasteiger partial charge on any atom is -0.496 e. The average molecular weight is 378 g/mol. The lowest BCUT2D eigenvalue weighted by Gasteiger charge is -2.12. The molecule has 26 heavy (non-hydrogen) atoms. The third-order valence-corrected chi connectivity index (χ3v) is 5.06. The van der Waals surface area contributed by atoms with E-state index in [0.29, 0.717) is 11.5 Å². The zero-order chi connectivity index (χ0) is 19.2. The second-order valence-electron chi connectivity index (χ2n) is 5.68. The highest BCUT2D eigenvalue weighted by atomic mass is 32.2. The number of amides is 1. The molecule has 0 spiro atoms. The molecule has 0 atom stereocenters. The molecule has 140 valence electrons. The Balaban J connectivity index is 2.01. The molecule has 0 saturated carbocycles. The van der Waals surface area contributed by atoms with Gasteiger partial charge in [-0.1, -0.05) is 18.2 Å². The number of nitrogens with zero attached hydrogens (tertiary/aromatic N) is 1. The fourth-order valence-corrected chi connectivity index (χ4v) is 3.10. The highest BCUT2D eigenvalue weighted by Crippen LogP contribution is 2.19. The maximum Gasteiger partial charge on any atom is 0.259 e. The van der Waals surface area contributed by atoms with Gasteiger partial charge < -0.3 is 14.4 Å². The van der Waals surface area contributed by atoms with Crippen LogP contribution in [0.25, 0.3) is 0 Å². The molecule has 0 heterocycles. The van der Waals surface area contributed by atoms with Gasteiger partial charge in [0.2, 0.25) is 10.0 Å². The van der Waals surface area contributed by atoms with Gasteiger partial charge in [-0.2, -0.15) is 0 Å². The van der Waals surface area contributed by atoms with Crippen LogP contribution < -0.4 is 14.2 Å². The SMILES string of the molecule is COc1ccccc1CNS(=O)(=O)c1ccc(OCC(=O)N(C)C)cc1. The lowest BCUT2D eigenvalue weighted by molar-refractivity contribution is -0.130. The van der Waals surface area contributed by atoms with Gasteiger partial charge in [0.1, 0.15) is 11.5 Å². The van der Waals surface area contributed by atoms with E-state index in [0.717, 1.165) is 5.56 Å². The summed E-state index contributed by atoms with van der Waals surface area (Å²) in [5.41, 5.74) is 0.737. The van der Waals surface area contributed by atoms with Gasteiger partial charge in [-0.25, -0.2) is 13.1 Å². The van der Waals surface area contributed by atoms with E-state index in [1.807, 2.05) is 12.1 Å². The summed E-state index contributed by atoms with van der Waals surface area (Å²) in [5, 5.41) is 0. The van der Waals surface area contributed by atoms with Crippen molar-refractivity contribution in [1.82, 2.24) is 9.62 Å². The van der Waals surface area contributed by atoms with Crippen LogP contribution in [0.4, 0.5) is 0 Å². The lowest BCUT2D eigenvalue weighted by atomic mass is 10.2.